The van der Waals surface area contributed by atoms with Crippen LogP contribution in [0.25, 0.3) is 11.0 Å². The van der Waals surface area contributed by atoms with Crippen molar-refractivity contribution in [3.8, 4) is 0 Å². The van der Waals surface area contributed by atoms with E-state index in [1.807, 2.05) is 12.3 Å². The van der Waals surface area contributed by atoms with Crippen LogP contribution in [0.1, 0.15) is 26.0 Å². The van der Waals surface area contributed by atoms with Gasteiger partial charge in [0.05, 0.1) is 23.0 Å². The zero-order valence-electron chi connectivity index (χ0n) is 12.6. The van der Waals surface area contributed by atoms with Crippen LogP contribution in [0.5, 0.6) is 0 Å². The minimum absolute atomic E-state index is 0.0785. The van der Waals surface area contributed by atoms with E-state index in [1.165, 1.54) is 6.42 Å². The van der Waals surface area contributed by atoms with Crippen molar-refractivity contribution in [1.29, 1.82) is 0 Å². The highest BCUT2D eigenvalue weighted by Crippen LogP contribution is 2.31. The first kappa shape index (κ1) is 13.1. The molecule has 0 aliphatic carbocycles. The number of pyridine rings is 1. The van der Waals surface area contributed by atoms with Gasteiger partial charge in [0.15, 0.2) is 5.82 Å². The lowest BCUT2D eigenvalue weighted by atomic mass is 10.2. The van der Waals surface area contributed by atoms with E-state index >= 15 is 0 Å². The maximum absolute atomic E-state index is 14.8. The predicted octanol–water partition coefficient (Wildman–Crippen LogP) is 2.61. The molecule has 4 heterocycles. The summed E-state index contributed by atoms with van der Waals surface area (Å²) < 4.78 is 16.9. The van der Waals surface area contributed by atoms with Gasteiger partial charge < -0.3 is 9.47 Å². The molecule has 0 amide bonds. The fraction of sp³-hybridized carbons (Fsp3) is 0.562. The number of hydrogen-bond acceptors (Lipinski definition) is 3. The molecule has 0 radical (unpaired) electrons. The molecule has 0 bridgehead atoms. The molecule has 0 aromatic carbocycles. The van der Waals surface area contributed by atoms with Crippen LogP contribution in [0.15, 0.2) is 12.3 Å². The first-order chi connectivity index (χ1) is 10.1. The van der Waals surface area contributed by atoms with Crippen LogP contribution in [0.2, 0.25) is 0 Å². The summed E-state index contributed by atoms with van der Waals surface area (Å²) in [6.45, 7) is 8.91. The molecule has 2 aliphatic heterocycles. The number of rotatable bonds is 2. The van der Waals surface area contributed by atoms with Crippen LogP contribution in [0.4, 0.5) is 10.1 Å². The summed E-state index contributed by atoms with van der Waals surface area (Å²) in [6, 6.07) is 2.42. The van der Waals surface area contributed by atoms with Gasteiger partial charge in [-0.3, -0.25) is 4.90 Å². The smallest absolute Gasteiger partial charge is 0.155 e. The number of aromatic nitrogens is 2. The second kappa shape index (κ2) is 4.70. The van der Waals surface area contributed by atoms with E-state index in [-0.39, 0.29) is 5.82 Å². The number of fused-ring (bicyclic) bond motifs is 3. The normalized spacial score (nSPS) is 19.1. The minimum Gasteiger partial charge on any atom is -0.370 e. The van der Waals surface area contributed by atoms with Crippen LogP contribution in [0.3, 0.4) is 0 Å². The van der Waals surface area contributed by atoms with Gasteiger partial charge >= 0.3 is 0 Å². The third-order valence-corrected chi connectivity index (χ3v) is 4.84. The zero-order valence-corrected chi connectivity index (χ0v) is 12.6. The molecule has 4 rings (SSSR count). The standard InChI is InChI=1S/C16H21FN4/c1-11(2)20-6-7-21-14(10-20)15(17)13-8-12(9-18-16(13)21)19-4-3-5-19/h8-9,11H,3-7,10H2,1-2H3. The van der Waals surface area contributed by atoms with Crippen LogP contribution in [0, 0.1) is 5.82 Å². The Kier molecular flexibility index (Phi) is 2.92. The van der Waals surface area contributed by atoms with Gasteiger partial charge in [0, 0.05) is 38.8 Å². The van der Waals surface area contributed by atoms with Crippen molar-refractivity contribution in [2.24, 2.45) is 0 Å². The van der Waals surface area contributed by atoms with Crippen LogP contribution in [-0.2, 0) is 13.1 Å². The quantitative estimate of drug-likeness (QED) is 0.849. The van der Waals surface area contributed by atoms with Gasteiger partial charge in [0.25, 0.3) is 0 Å². The Morgan fingerprint density at radius 1 is 1.19 bits per heavy atom. The predicted molar refractivity (Wildman–Crippen MR) is 82.1 cm³/mol. The molecule has 0 spiro atoms. The molecule has 2 aromatic rings. The Morgan fingerprint density at radius 2 is 2.00 bits per heavy atom. The topological polar surface area (TPSA) is 24.3 Å². The average molecular weight is 288 g/mol. The largest absolute Gasteiger partial charge is 0.370 e. The Hall–Kier alpha value is -1.62. The maximum Gasteiger partial charge on any atom is 0.155 e. The van der Waals surface area contributed by atoms with Crippen molar-refractivity contribution in [3.63, 3.8) is 0 Å². The average Bonchev–Trinajstić information content (AvgIpc) is 2.70. The summed E-state index contributed by atoms with van der Waals surface area (Å²) in [5, 5.41) is 0.681. The molecule has 0 N–H and O–H groups in total. The van der Waals surface area contributed by atoms with Gasteiger partial charge in [0.2, 0.25) is 0 Å². The van der Waals surface area contributed by atoms with Crippen molar-refractivity contribution in [2.45, 2.75) is 39.4 Å². The SMILES string of the molecule is CC(C)N1CCn2c(c(F)c3cc(N4CCC4)cnc32)C1. The highest BCUT2D eigenvalue weighted by atomic mass is 19.1. The number of halogens is 1. The highest BCUT2D eigenvalue weighted by molar-refractivity contribution is 5.82. The fourth-order valence-corrected chi connectivity index (χ4v) is 3.31. The monoisotopic (exact) mass is 288 g/mol. The molecule has 5 heteroatoms. The summed E-state index contributed by atoms with van der Waals surface area (Å²) in [7, 11) is 0. The third-order valence-electron chi connectivity index (χ3n) is 4.84. The molecule has 0 atom stereocenters. The number of anilines is 1. The second-order valence-electron chi connectivity index (χ2n) is 6.38. The summed E-state index contributed by atoms with van der Waals surface area (Å²) in [5.74, 6) is -0.0785. The highest BCUT2D eigenvalue weighted by Gasteiger charge is 2.26. The second-order valence-corrected chi connectivity index (χ2v) is 6.38. The Morgan fingerprint density at radius 3 is 2.67 bits per heavy atom. The third kappa shape index (κ3) is 1.94. The van der Waals surface area contributed by atoms with Gasteiger partial charge in [0.1, 0.15) is 5.65 Å². The molecule has 1 fully saturated rings. The lowest BCUT2D eigenvalue weighted by Gasteiger charge is -2.33. The summed E-state index contributed by atoms with van der Waals surface area (Å²) in [6.07, 6.45) is 3.11. The molecular formula is C16H21FN4. The van der Waals surface area contributed by atoms with E-state index in [9.17, 15) is 4.39 Å². The molecule has 2 aromatic heterocycles. The number of nitrogens with zero attached hydrogens (tertiary/aromatic N) is 4. The van der Waals surface area contributed by atoms with Crippen molar-refractivity contribution < 1.29 is 4.39 Å². The Bertz CT molecular complexity index is 687. The zero-order chi connectivity index (χ0) is 14.6. The Balaban J connectivity index is 1.79. The van der Waals surface area contributed by atoms with Crippen molar-refractivity contribution in [3.05, 3.63) is 23.8 Å². The van der Waals surface area contributed by atoms with Crippen molar-refractivity contribution in [2.75, 3.05) is 24.5 Å². The van der Waals surface area contributed by atoms with Gasteiger partial charge in [-0.2, -0.15) is 0 Å². The van der Waals surface area contributed by atoms with E-state index < -0.39 is 0 Å². The van der Waals surface area contributed by atoms with Crippen LogP contribution in [-0.4, -0.2) is 40.1 Å². The molecule has 4 nitrogen and oxygen atoms in total. The molecular weight excluding hydrogens is 267 g/mol. The lowest BCUT2D eigenvalue weighted by Crippen LogP contribution is -2.38. The van der Waals surface area contributed by atoms with Gasteiger partial charge in [-0.05, 0) is 26.3 Å². The minimum atomic E-state index is -0.0785. The van der Waals surface area contributed by atoms with E-state index in [0.717, 1.165) is 43.2 Å². The van der Waals surface area contributed by atoms with Gasteiger partial charge in [-0.15, -0.1) is 0 Å². The van der Waals surface area contributed by atoms with Gasteiger partial charge in [-0.25, -0.2) is 9.37 Å². The van der Waals surface area contributed by atoms with Crippen LogP contribution < -0.4 is 4.90 Å². The van der Waals surface area contributed by atoms with E-state index in [2.05, 4.69) is 33.2 Å². The first-order valence-electron chi connectivity index (χ1n) is 7.81. The van der Waals surface area contributed by atoms with E-state index in [0.29, 0.717) is 18.0 Å². The molecule has 112 valence electrons. The molecule has 21 heavy (non-hydrogen) atoms. The van der Waals surface area contributed by atoms with Crippen LogP contribution >= 0.6 is 0 Å². The fourth-order valence-electron chi connectivity index (χ4n) is 3.31. The van der Waals surface area contributed by atoms with Crippen molar-refractivity contribution >= 4 is 16.7 Å². The van der Waals surface area contributed by atoms with Gasteiger partial charge in [-0.1, -0.05) is 0 Å². The molecule has 0 saturated carbocycles. The molecule has 2 aliphatic rings. The summed E-state index contributed by atoms with van der Waals surface area (Å²) in [4.78, 5) is 9.12. The summed E-state index contributed by atoms with van der Waals surface area (Å²) in [5.41, 5.74) is 2.64. The molecule has 1 saturated heterocycles. The first-order valence-corrected chi connectivity index (χ1v) is 7.81. The molecule has 0 unspecified atom stereocenters. The maximum atomic E-state index is 14.8. The number of hydrogen-bond donors (Lipinski definition) is 0. The Labute approximate surface area is 124 Å². The summed E-state index contributed by atoms with van der Waals surface area (Å²) >= 11 is 0. The van der Waals surface area contributed by atoms with Crippen molar-refractivity contribution in [1.82, 2.24) is 14.5 Å². The van der Waals surface area contributed by atoms with E-state index in [1.54, 1.807) is 0 Å². The lowest BCUT2D eigenvalue weighted by molar-refractivity contribution is 0.175. The van der Waals surface area contributed by atoms with E-state index in [4.69, 9.17) is 0 Å².